The van der Waals surface area contributed by atoms with Gasteiger partial charge in [0, 0.05) is 28.1 Å². The molecule has 0 saturated carbocycles. The molecular formula is C18H15BrN6O. The van der Waals surface area contributed by atoms with Gasteiger partial charge in [-0.25, -0.2) is 0 Å². The maximum atomic E-state index is 12.7. The van der Waals surface area contributed by atoms with E-state index in [1.165, 1.54) is 22.0 Å². The van der Waals surface area contributed by atoms with E-state index >= 15 is 0 Å². The van der Waals surface area contributed by atoms with Crippen molar-refractivity contribution in [1.29, 1.82) is 0 Å². The van der Waals surface area contributed by atoms with Crippen LogP contribution in [-0.2, 0) is 6.42 Å². The smallest absolute Gasteiger partial charge is 0.253 e. The monoisotopic (exact) mass is 410 g/mol. The molecule has 2 N–H and O–H groups in total. The molecule has 1 amide bonds. The number of benzene rings is 2. The molecule has 0 spiro atoms. The number of nitrogens with zero attached hydrogens (tertiary/aromatic N) is 4. The molecule has 0 saturated heterocycles. The van der Waals surface area contributed by atoms with Crippen molar-refractivity contribution < 1.29 is 4.79 Å². The first kappa shape index (κ1) is 16.5. The van der Waals surface area contributed by atoms with Crippen LogP contribution in [0, 0.1) is 0 Å². The molecule has 0 bridgehead atoms. The number of hydrogen-bond donors (Lipinski definition) is 2. The SMILES string of the molecule is O=C(NCCc1c[nH]c2ccccc12)c1cc(Br)ccc1-n1cnnn1. The van der Waals surface area contributed by atoms with Gasteiger partial charge in [0.2, 0.25) is 0 Å². The summed E-state index contributed by atoms with van der Waals surface area (Å²) in [6.07, 6.45) is 4.19. The molecular weight excluding hydrogens is 396 g/mol. The first-order valence-corrected chi connectivity index (χ1v) is 8.88. The van der Waals surface area contributed by atoms with Gasteiger partial charge in [-0.1, -0.05) is 34.1 Å². The van der Waals surface area contributed by atoms with Gasteiger partial charge in [-0.05, 0) is 46.7 Å². The summed E-state index contributed by atoms with van der Waals surface area (Å²) in [7, 11) is 0. The number of tetrazole rings is 1. The fourth-order valence-corrected chi connectivity index (χ4v) is 3.27. The second-order valence-corrected chi connectivity index (χ2v) is 6.70. The van der Waals surface area contributed by atoms with Gasteiger partial charge < -0.3 is 10.3 Å². The van der Waals surface area contributed by atoms with Gasteiger partial charge in [-0.2, -0.15) is 4.68 Å². The van der Waals surface area contributed by atoms with Crippen LogP contribution in [0.25, 0.3) is 16.6 Å². The zero-order valence-corrected chi connectivity index (χ0v) is 15.3. The topological polar surface area (TPSA) is 88.5 Å². The fraction of sp³-hybridized carbons (Fsp3) is 0.111. The summed E-state index contributed by atoms with van der Waals surface area (Å²) >= 11 is 3.41. The molecule has 26 heavy (non-hydrogen) atoms. The number of fused-ring (bicyclic) bond motifs is 1. The highest BCUT2D eigenvalue weighted by molar-refractivity contribution is 9.10. The Balaban J connectivity index is 1.49. The lowest BCUT2D eigenvalue weighted by molar-refractivity contribution is 0.0954. The first-order chi connectivity index (χ1) is 12.7. The average molecular weight is 411 g/mol. The lowest BCUT2D eigenvalue weighted by Crippen LogP contribution is -2.27. The van der Waals surface area contributed by atoms with E-state index in [2.05, 4.69) is 47.8 Å². The van der Waals surface area contributed by atoms with Crippen molar-refractivity contribution >= 4 is 32.7 Å². The molecule has 0 aliphatic heterocycles. The Morgan fingerprint density at radius 2 is 2.12 bits per heavy atom. The number of rotatable bonds is 5. The molecule has 0 aliphatic rings. The Hall–Kier alpha value is -3.00. The van der Waals surface area contributed by atoms with Crippen LogP contribution >= 0.6 is 15.9 Å². The van der Waals surface area contributed by atoms with Crippen LogP contribution in [0.1, 0.15) is 15.9 Å². The number of aromatic nitrogens is 5. The molecule has 0 atom stereocenters. The molecule has 4 rings (SSSR count). The van der Waals surface area contributed by atoms with Crippen molar-refractivity contribution in [3.63, 3.8) is 0 Å². The summed E-state index contributed by atoms with van der Waals surface area (Å²) in [5.74, 6) is -0.170. The molecule has 2 heterocycles. The number of carbonyl (C=O) groups excluding carboxylic acids is 1. The van der Waals surface area contributed by atoms with Gasteiger partial charge in [-0.15, -0.1) is 5.10 Å². The van der Waals surface area contributed by atoms with Crippen LogP contribution in [0.5, 0.6) is 0 Å². The zero-order chi connectivity index (χ0) is 17.9. The summed E-state index contributed by atoms with van der Waals surface area (Å²) in [6.45, 7) is 0.530. The van der Waals surface area contributed by atoms with Gasteiger partial charge >= 0.3 is 0 Å². The molecule has 8 heteroatoms. The van der Waals surface area contributed by atoms with Gasteiger partial charge in [-0.3, -0.25) is 4.79 Å². The number of aromatic amines is 1. The minimum Gasteiger partial charge on any atom is -0.361 e. The van der Waals surface area contributed by atoms with Crippen molar-refractivity contribution in [3.05, 3.63) is 70.6 Å². The third kappa shape index (κ3) is 3.23. The van der Waals surface area contributed by atoms with E-state index in [-0.39, 0.29) is 5.91 Å². The highest BCUT2D eigenvalue weighted by Crippen LogP contribution is 2.20. The number of carbonyl (C=O) groups is 1. The second-order valence-electron chi connectivity index (χ2n) is 5.78. The summed E-state index contributed by atoms with van der Waals surface area (Å²) in [5.41, 5.74) is 3.41. The van der Waals surface area contributed by atoms with Crippen LogP contribution in [0.4, 0.5) is 0 Å². The quantitative estimate of drug-likeness (QED) is 0.529. The van der Waals surface area contributed by atoms with Crippen molar-refractivity contribution in [1.82, 2.24) is 30.5 Å². The number of halogens is 1. The Bertz CT molecular complexity index is 1060. The van der Waals surface area contributed by atoms with Crippen LogP contribution in [0.3, 0.4) is 0 Å². The minimum atomic E-state index is -0.170. The molecule has 130 valence electrons. The van der Waals surface area contributed by atoms with Crippen LogP contribution in [0.2, 0.25) is 0 Å². The highest BCUT2D eigenvalue weighted by atomic mass is 79.9. The second kappa shape index (κ2) is 7.09. The number of amides is 1. The Labute approximate surface area is 157 Å². The van der Waals surface area contributed by atoms with Gasteiger partial charge in [0.25, 0.3) is 5.91 Å². The largest absolute Gasteiger partial charge is 0.361 e. The lowest BCUT2D eigenvalue weighted by Gasteiger charge is -2.10. The molecule has 0 aliphatic carbocycles. The maximum absolute atomic E-state index is 12.7. The molecule has 0 fully saturated rings. The van der Waals surface area contributed by atoms with Gasteiger partial charge in [0.15, 0.2) is 0 Å². The third-order valence-corrected chi connectivity index (χ3v) is 4.65. The molecule has 0 radical (unpaired) electrons. The number of nitrogens with one attached hydrogen (secondary N) is 2. The Morgan fingerprint density at radius 3 is 2.96 bits per heavy atom. The zero-order valence-electron chi connectivity index (χ0n) is 13.7. The van der Waals surface area contributed by atoms with E-state index in [1.54, 1.807) is 12.1 Å². The Kier molecular flexibility index (Phi) is 4.49. The van der Waals surface area contributed by atoms with Crippen molar-refractivity contribution in [3.8, 4) is 5.69 Å². The highest BCUT2D eigenvalue weighted by Gasteiger charge is 2.14. The third-order valence-electron chi connectivity index (χ3n) is 4.15. The van der Waals surface area contributed by atoms with Crippen molar-refractivity contribution in [2.24, 2.45) is 0 Å². The standard InChI is InChI=1S/C18H15BrN6O/c19-13-5-6-17(25-11-22-23-24-25)15(9-13)18(26)20-8-7-12-10-21-16-4-2-1-3-14(12)16/h1-6,9-11,21H,7-8H2,(H,20,26). The minimum absolute atomic E-state index is 0.170. The van der Waals surface area contributed by atoms with Crippen LogP contribution < -0.4 is 5.32 Å². The number of para-hydroxylation sites is 1. The fourth-order valence-electron chi connectivity index (χ4n) is 2.91. The molecule has 0 unspecified atom stereocenters. The van der Waals surface area contributed by atoms with E-state index < -0.39 is 0 Å². The number of H-pyrrole nitrogens is 1. The molecule has 2 aromatic carbocycles. The summed E-state index contributed by atoms with van der Waals surface area (Å²) in [4.78, 5) is 15.9. The first-order valence-electron chi connectivity index (χ1n) is 8.08. The summed E-state index contributed by atoms with van der Waals surface area (Å²) < 4.78 is 2.29. The predicted octanol–water partition coefficient (Wildman–Crippen LogP) is 2.88. The molecule has 2 aromatic heterocycles. The predicted molar refractivity (Wildman–Crippen MR) is 101 cm³/mol. The summed E-state index contributed by atoms with van der Waals surface area (Å²) in [6, 6.07) is 13.5. The van der Waals surface area contributed by atoms with Crippen molar-refractivity contribution in [2.75, 3.05) is 6.54 Å². The average Bonchev–Trinajstić information content (AvgIpc) is 3.32. The molecule has 4 aromatic rings. The number of hydrogen-bond acceptors (Lipinski definition) is 4. The van der Waals surface area contributed by atoms with E-state index in [9.17, 15) is 4.79 Å². The normalized spacial score (nSPS) is 11.0. The van der Waals surface area contributed by atoms with Gasteiger partial charge in [0.05, 0.1) is 11.3 Å². The van der Waals surface area contributed by atoms with Crippen molar-refractivity contribution in [2.45, 2.75) is 6.42 Å². The van der Waals surface area contributed by atoms with Gasteiger partial charge in [0.1, 0.15) is 6.33 Å². The summed E-state index contributed by atoms with van der Waals surface area (Å²) in [5, 5.41) is 15.3. The van der Waals surface area contributed by atoms with E-state index in [0.29, 0.717) is 17.8 Å². The van der Waals surface area contributed by atoms with E-state index in [0.717, 1.165) is 16.4 Å². The van der Waals surface area contributed by atoms with Crippen LogP contribution in [-0.4, -0.2) is 37.6 Å². The van der Waals surface area contributed by atoms with E-state index in [4.69, 9.17) is 0 Å². The van der Waals surface area contributed by atoms with E-state index in [1.807, 2.05) is 30.5 Å². The lowest BCUT2D eigenvalue weighted by atomic mass is 10.1. The van der Waals surface area contributed by atoms with Crippen LogP contribution in [0.15, 0.2) is 59.5 Å². The molecule has 7 nitrogen and oxygen atoms in total. The maximum Gasteiger partial charge on any atom is 0.253 e. The Morgan fingerprint density at radius 1 is 1.23 bits per heavy atom.